The van der Waals surface area contributed by atoms with Crippen LogP contribution in [0, 0.1) is 5.41 Å². The normalized spacial score (nSPS) is 23.8. The number of amides is 1. The van der Waals surface area contributed by atoms with Crippen molar-refractivity contribution in [3.8, 4) is 5.75 Å². The molecule has 1 heterocycles. The summed E-state index contributed by atoms with van der Waals surface area (Å²) in [6, 6.07) is 8.27. The standard InChI is InChI=1S/C19H25NO2/c1-19(2)17(15-7-5-4-6-8-15)20(18(19)21)13-14-9-11-16(22-3)12-10-14/h7,9-12,17H,4-6,8,13H2,1-3H3. The lowest BCUT2D eigenvalue weighted by Crippen LogP contribution is -2.66. The highest BCUT2D eigenvalue weighted by Crippen LogP contribution is 2.45. The first-order valence-corrected chi connectivity index (χ1v) is 8.17. The zero-order valence-electron chi connectivity index (χ0n) is 13.8. The number of rotatable bonds is 4. The Morgan fingerprint density at radius 1 is 1.23 bits per heavy atom. The van der Waals surface area contributed by atoms with Gasteiger partial charge in [-0.1, -0.05) is 23.8 Å². The van der Waals surface area contributed by atoms with Crippen LogP contribution >= 0.6 is 0 Å². The number of nitrogens with zero attached hydrogens (tertiary/aromatic N) is 1. The summed E-state index contributed by atoms with van der Waals surface area (Å²) in [4.78, 5) is 14.6. The fourth-order valence-electron chi connectivity index (χ4n) is 3.79. The quantitative estimate of drug-likeness (QED) is 0.622. The van der Waals surface area contributed by atoms with Gasteiger partial charge < -0.3 is 9.64 Å². The number of hydrogen-bond donors (Lipinski definition) is 0. The van der Waals surface area contributed by atoms with Gasteiger partial charge in [-0.15, -0.1) is 0 Å². The van der Waals surface area contributed by atoms with Gasteiger partial charge in [0, 0.05) is 6.54 Å². The SMILES string of the molecule is COc1ccc(CN2C(=O)C(C)(C)C2C2=CCCCC2)cc1. The van der Waals surface area contributed by atoms with E-state index in [2.05, 4.69) is 19.9 Å². The summed E-state index contributed by atoms with van der Waals surface area (Å²) < 4.78 is 5.20. The van der Waals surface area contributed by atoms with E-state index in [9.17, 15) is 4.79 Å². The largest absolute Gasteiger partial charge is 0.497 e. The Morgan fingerprint density at radius 2 is 1.95 bits per heavy atom. The highest BCUT2D eigenvalue weighted by Gasteiger charge is 2.54. The number of β-lactam (4-membered cyclic amide) rings is 1. The monoisotopic (exact) mass is 299 g/mol. The van der Waals surface area contributed by atoms with Crippen molar-refractivity contribution in [2.45, 2.75) is 52.1 Å². The first kappa shape index (κ1) is 15.1. The van der Waals surface area contributed by atoms with Crippen LogP contribution < -0.4 is 4.74 Å². The summed E-state index contributed by atoms with van der Waals surface area (Å²) in [6.45, 7) is 4.86. The fourth-order valence-corrected chi connectivity index (χ4v) is 3.79. The second kappa shape index (κ2) is 5.79. The zero-order chi connectivity index (χ0) is 15.7. The van der Waals surface area contributed by atoms with Gasteiger partial charge >= 0.3 is 0 Å². The number of carbonyl (C=O) groups excluding carboxylic acids is 1. The highest BCUT2D eigenvalue weighted by molar-refractivity contribution is 5.90. The topological polar surface area (TPSA) is 29.5 Å². The molecule has 1 amide bonds. The molecule has 0 saturated carbocycles. The second-order valence-corrected chi connectivity index (χ2v) is 6.93. The number of ether oxygens (including phenoxy) is 1. The molecule has 0 aromatic heterocycles. The molecule has 22 heavy (non-hydrogen) atoms. The minimum atomic E-state index is -0.254. The summed E-state index contributed by atoms with van der Waals surface area (Å²) in [6.07, 6.45) is 7.20. The van der Waals surface area contributed by atoms with Gasteiger partial charge in [-0.2, -0.15) is 0 Å². The Hall–Kier alpha value is -1.77. The molecule has 1 fully saturated rings. The fraction of sp³-hybridized carbons (Fsp3) is 0.526. The maximum atomic E-state index is 12.5. The predicted octanol–water partition coefficient (Wildman–Crippen LogP) is 3.93. The van der Waals surface area contributed by atoms with Gasteiger partial charge in [0.25, 0.3) is 0 Å². The van der Waals surface area contributed by atoms with Gasteiger partial charge in [0.1, 0.15) is 5.75 Å². The van der Waals surface area contributed by atoms with E-state index in [1.54, 1.807) is 7.11 Å². The van der Waals surface area contributed by atoms with Crippen LogP contribution in [0.25, 0.3) is 0 Å². The summed E-state index contributed by atoms with van der Waals surface area (Å²) in [5.74, 6) is 1.12. The third kappa shape index (κ3) is 2.53. The van der Waals surface area contributed by atoms with Crippen LogP contribution in [0.4, 0.5) is 0 Å². The minimum Gasteiger partial charge on any atom is -0.497 e. The Bertz CT molecular complexity index is 586. The van der Waals surface area contributed by atoms with E-state index >= 15 is 0 Å². The number of benzene rings is 1. The molecule has 1 aliphatic heterocycles. The summed E-state index contributed by atoms with van der Waals surface area (Å²) in [5.41, 5.74) is 2.37. The molecule has 1 unspecified atom stereocenters. The predicted molar refractivity (Wildman–Crippen MR) is 87.7 cm³/mol. The molecular weight excluding hydrogens is 274 g/mol. The van der Waals surface area contributed by atoms with Gasteiger partial charge in [0.2, 0.25) is 5.91 Å². The molecule has 0 spiro atoms. The van der Waals surface area contributed by atoms with Gasteiger partial charge in [-0.3, -0.25) is 4.79 Å². The molecular formula is C19H25NO2. The van der Waals surface area contributed by atoms with Crippen LogP contribution in [0.5, 0.6) is 5.75 Å². The summed E-state index contributed by atoms with van der Waals surface area (Å²) in [7, 11) is 1.67. The van der Waals surface area contributed by atoms with Crippen molar-refractivity contribution in [3.63, 3.8) is 0 Å². The average molecular weight is 299 g/mol. The molecule has 0 bridgehead atoms. The molecule has 1 atom stereocenters. The first-order chi connectivity index (χ1) is 10.5. The molecule has 0 radical (unpaired) electrons. The second-order valence-electron chi connectivity index (χ2n) is 6.93. The average Bonchev–Trinajstić information content (AvgIpc) is 2.55. The lowest BCUT2D eigenvalue weighted by molar-refractivity contribution is -0.166. The molecule has 1 aliphatic carbocycles. The molecule has 0 N–H and O–H groups in total. The van der Waals surface area contributed by atoms with E-state index in [1.165, 1.54) is 18.4 Å². The van der Waals surface area contributed by atoms with Gasteiger partial charge in [-0.25, -0.2) is 0 Å². The van der Waals surface area contributed by atoms with Crippen LogP contribution in [-0.2, 0) is 11.3 Å². The number of likely N-dealkylation sites (tertiary alicyclic amines) is 1. The van der Waals surface area contributed by atoms with Crippen LogP contribution in [0.2, 0.25) is 0 Å². The molecule has 2 aliphatic rings. The van der Waals surface area contributed by atoms with Crippen LogP contribution in [-0.4, -0.2) is 24.0 Å². The van der Waals surface area contributed by atoms with Gasteiger partial charge in [0.15, 0.2) is 0 Å². The Labute approximate surface area is 133 Å². The van der Waals surface area contributed by atoms with Crippen LogP contribution in [0.1, 0.15) is 45.1 Å². The molecule has 1 aromatic carbocycles. The highest BCUT2D eigenvalue weighted by atomic mass is 16.5. The van der Waals surface area contributed by atoms with Crippen molar-refractivity contribution < 1.29 is 9.53 Å². The van der Waals surface area contributed by atoms with Gasteiger partial charge in [0.05, 0.1) is 18.6 Å². The molecule has 3 rings (SSSR count). The number of carbonyl (C=O) groups is 1. The molecule has 1 aromatic rings. The zero-order valence-corrected chi connectivity index (χ0v) is 13.8. The van der Waals surface area contributed by atoms with Crippen LogP contribution in [0.15, 0.2) is 35.9 Å². The van der Waals surface area contributed by atoms with Crippen molar-refractivity contribution in [3.05, 3.63) is 41.5 Å². The lowest BCUT2D eigenvalue weighted by Gasteiger charge is -2.54. The Morgan fingerprint density at radius 3 is 2.55 bits per heavy atom. The lowest BCUT2D eigenvalue weighted by atomic mass is 9.68. The molecule has 3 heteroatoms. The molecule has 1 saturated heterocycles. The third-order valence-corrected chi connectivity index (χ3v) is 5.00. The van der Waals surface area contributed by atoms with E-state index < -0.39 is 0 Å². The smallest absolute Gasteiger partial charge is 0.231 e. The van der Waals surface area contributed by atoms with Crippen molar-refractivity contribution in [1.29, 1.82) is 0 Å². The van der Waals surface area contributed by atoms with Crippen molar-refractivity contribution in [1.82, 2.24) is 4.90 Å². The summed E-state index contributed by atoms with van der Waals surface area (Å²) >= 11 is 0. The number of hydrogen-bond acceptors (Lipinski definition) is 2. The maximum Gasteiger partial charge on any atom is 0.231 e. The summed E-state index contributed by atoms with van der Waals surface area (Å²) in [5, 5.41) is 0. The van der Waals surface area contributed by atoms with E-state index in [0.29, 0.717) is 6.54 Å². The van der Waals surface area contributed by atoms with E-state index in [-0.39, 0.29) is 17.4 Å². The van der Waals surface area contributed by atoms with E-state index in [0.717, 1.165) is 24.2 Å². The number of allylic oxidation sites excluding steroid dienone is 1. The van der Waals surface area contributed by atoms with Crippen LogP contribution in [0.3, 0.4) is 0 Å². The Balaban J connectivity index is 1.78. The van der Waals surface area contributed by atoms with Gasteiger partial charge in [-0.05, 0) is 57.2 Å². The number of methoxy groups -OCH3 is 1. The first-order valence-electron chi connectivity index (χ1n) is 8.17. The van der Waals surface area contributed by atoms with Crippen molar-refractivity contribution >= 4 is 5.91 Å². The van der Waals surface area contributed by atoms with Crippen molar-refractivity contribution in [2.24, 2.45) is 5.41 Å². The minimum absolute atomic E-state index is 0.254. The third-order valence-electron chi connectivity index (χ3n) is 5.00. The maximum absolute atomic E-state index is 12.5. The molecule has 3 nitrogen and oxygen atoms in total. The Kier molecular flexibility index (Phi) is 3.98. The van der Waals surface area contributed by atoms with E-state index in [1.807, 2.05) is 29.2 Å². The molecule has 118 valence electrons. The van der Waals surface area contributed by atoms with Crippen molar-refractivity contribution in [2.75, 3.05) is 7.11 Å². The van der Waals surface area contributed by atoms with E-state index in [4.69, 9.17) is 4.74 Å².